The zero-order chi connectivity index (χ0) is 14.6. The second-order valence-electron chi connectivity index (χ2n) is 4.34. The Labute approximate surface area is 118 Å². The molecule has 8 heteroatoms. The second kappa shape index (κ2) is 6.12. The van der Waals surface area contributed by atoms with E-state index in [-0.39, 0.29) is 11.4 Å². The highest BCUT2D eigenvalue weighted by atomic mass is 32.2. The minimum Gasteiger partial charge on any atom is -0.316 e. The summed E-state index contributed by atoms with van der Waals surface area (Å²) in [6, 6.07) is 6.80. The molecule has 0 fully saturated rings. The molecule has 0 spiro atoms. The van der Waals surface area contributed by atoms with Crippen LogP contribution in [0.1, 0.15) is 11.4 Å². The molecule has 1 aromatic heterocycles. The summed E-state index contributed by atoms with van der Waals surface area (Å²) in [6.45, 7) is 0.685. The normalized spacial score (nSPS) is 11.7. The van der Waals surface area contributed by atoms with Crippen LogP contribution in [0.5, 0.6) is 0 Å². The van der Waals surface area contributed by atoms with Gasteiger partial charge in [0.1, 0.15) is 6.33 Å². The number of hydrogen-bond acceptors (Lipinski definition) is 5. The van der Waals surface area contributed by atoms with Crippen LogP contribution in [0.4, 0.5) is 0 Å². The van der Waals surface area contributed by atoms with E-state index < -0.39 is 10.0 Å². The summed E-state index contributed by atoms with van der Waals surface area (Å²) in [4.78, 5) is 4.21. The van der Waals surface area contributed by atoms with E-state index >= 15 is 0 Å². The van der Waals surface area contributed by atoms with Crippen molar-refractivity contribution in [2.45, 2.75) is 18.0 Å². The summed E-state index contributed by atoms with van der Waals surface area (Å²) in [5.41, 5.74) is 0.909. The maximum absolute atomic E-state index is 12.2. The molecule has 1 aromatic carbocycles. The second-order valence-corrected chi connectivity index (χ2v) is 6.10. The van der Waals surface area contributed by atoms with E-state index in [2.05, 4.69) is 20.1 Å². The van der Waals surface area contributed by atoms with Crippen molar-refractivity contribution >= 4 is 10.0 Å². The van der Waals surface area contributed by atoms with Gasteiger partial charge in [-0.1, -0.05) is 12.1 Å². The van der Waals surface area contributed by atoms with Crippen LogP contribution in [0.15, 0.2) is 35.5 Å². The third-order valence-corrected chi connectivity index (χ3v) is 4.06. The summed E-state index contributed by atoms with van der Waals surface area (Å²) in [5.74, 6) is 0.433. The molecule has 1 heterocycles. The van der Waals surface area contributed by atoms with Crippen molar-refractivity contribution in [2.24, 2.45) is 7.05 Å². The van der Waals surface area contributed by atoms with Gasteiger partial charge in [0.25, 0.3) is 0 Å². The van der Waals surface area contributed by atoms with Gasteiger partial charge in [-0.2, -0.15) is 5.10 Å². The van der Waals surface area contributed by atoms with Gasteiger partial charge >= 0.3 is 0 Å². The van der Waals surface area contributed by atoms with E-state index in [1.54, 1.807) is 25.2 Å². The molecule has 0 saturated heterocycles. The molecule has 0 radical (unpaired) electrons. The van der Waals surface area contributed by atoms with Gasteiger partial charge < -0.3 is 5.32 Å². The van der Waals surface area contributed by atoms with E-state index in [4.69, 9.17) is 0 Å². The lowest BCUT2D eigenvalue weighted by Gasteiger charge is -2.07. The molecule has 0 atom stereocenters. The minimum absolute atomic E-state index is 0.0689. The van der Waals surface area contributed by atoms with Gasteiger partial charge in [-0.05, 0) is 24.7 Å². The van der Waals surface area contributed by atoms with E-state index in [1.165, 1.54) is 11.0 Å². The van der Waals surface area contributed by atoms with Crippen molar-refractivity contribution in [3.8, 4) is 0 Å². The maximum Gasteiger partial charge on any atom is 0.240 e. The average Bonchev–Trinajstić information content (AvgIpc) is 2.83. The fourth-order valence-corrected chi connectivity index (χ4v) is 2.78. The van der Waals surface area contributed by atoms with Crippen LogP contribution >= 0.6 is 0 Å². The largest absolute Gasteiger partial charge is 0.316 e. The first-order chi connectivity index (χ1) is 9.51. The van der Waals surface area contributed by atoms with Gasteiger partial charge in [0.2, 0.25) is 10.0 Å². The smallest absolute Gasteiger partial charge is 0.240 e. The van der Waals surface area contributed by atoms with Gasteiger partial charge in [0.05, 0.1) is 11.4 Å². The summed E-state index contributed by atoms with van der Waals surface area (Å²) in [6.07, 6.45) is 1.52. The molecule has 0 amide bonds. The number of benzene rings is 1. The standard InChI is InChI=1S/C12H17N5O2S/c1-13-7-10-4-3-5-11(6-10)20(18,19)15-8-12-14-9-17(2)16-12/h3-6,9,13,15H,7-8H2,1-2H3. The van der Waals surface area contributed by atoms with Crippen molar-refractivity contribution in [1.29, 1.82) is 0 Å². The first-order valence-corrected chi connectivity index (χ1v) is 7.57. The Morgan fingerprint density at radius 2 is 2.10 bits per heavy atom. The van der Waals surface area contributed by atoms with Crippen molar-refractivity contribution < 1.29 is 8.42 Å². The van der Waals surface area contributed by atoms with E-state index in [0.29, 0.717) is 12.4 Å². The Bertz CT molecular complexity index is 681. The Hall–Kier alpha value is -1.77. The Morgan fingerprint density at radius 1 is 1.30 bits per heavy atom. The Kier molecular flexibility index (Phi) is 4.48. The molecule has 2 rings (SSSR count). The van der Waals surface area contributed by atoms with Gasteiger partial charge in [-0.3, -0.25) is 4.68 Å². The number of aryl methyl sites for hydroxylation is 1. The highest BCUT2D eigenvalue weighted by Gasteiger charge is 2.15. The molecule has 0 bridgehead atoms. The lowest BCUT2D eigenvalue weighted by molar-refractivity contribution is 0.578. The average molecular weight is 295 g/mol. The highest BCUT2D eigenvalue weighted by Crippen LogP contribution is 2.11. The SMILES string of the molecule is CNCc1cccc(S(=O)(=O)NCc2ncn(C)n2)c1. The molecular formula is C12H17N5O2S. The topological polar surface area (TPSA) is 88.9 Å². The zero-order valence-corrected chi connectivity index (χ0v) is 12.2. The number of aromatic nitrogens is 3. The van der Waals surface area contributed by atoms with Gasteiger partial charge in [-0.25, -0.2) is 18.1 Å². The fraction of sp³-hybridized carbons (Fsp3) is 0.333. The van der Waals surface area contributed by atoms with Gasteiger partial charge in [-0.15, -0.1) is 0 Å². The quantitative estimate of drug-likeness (QED) is 0.784. The molecule has 0 aliphatic carbocycles. The van der Waals surface area contributed by atoms with E-state index in [0.717, 1.165) is 5.56 Å². The van der Waals surface area contributed by atoms with Crippen LogP contribution in [0.3, 0.4) is 0 Å². The summed E-state index contributed by atoms with van der Waals surface area (Å²) >= 11 is 0. The van der Waals surface area contributed by atoms with Crippen LogP contribution in [0.2, 0.25) is 0 Å². The van der Waals surface area contributed by atoms with Gasteiger partial charge in [0, 0.05) is 13.6 Å². The monoisotopic (exact) mass is 295 g/mol. The molecular weight excluding hydrogens is 278 g/mol. The zero-order valence-electron chi connectivity index (χ0n) is 11.4. The predicted molar refractivity (Wildman–Crippen MR) is 74.2 cm³/mol. The number of sulfonamides is 1. The Morgan fingerprint density at radius 3 is 2.75 bits per heavy atom. The number of nitrogens with zero attached hydrogens (tertiary/aromatic N) is 3. The summed E-state index contributed by atoms with van der Waals surface area (Å²) < 4.78 is 28.4. The molecule has 0 unspecified atom stereocenters. The van der Waals surface area contributed by atoms with E-state index in [9.17, 15) is 8.42 Å². The fourth-order valence-electron chi connectivity index (χ4n) is 1.73. The molecule has 0 saturated carbocycles. The Balaban J connectivity index is 2.11. The third kappa shape index (κ3) is 3.62. The molecule has 2 N–H and O–H groups in total. The van der Waals surface area contributed by atoms with Crippen molar-refractivity contribution in [3.63, 3.8) is 0 Å². The van der Waals surface area contributed by atoms with Crippen LogP contribution in [-0.2, 0) is 30.2 Å². The van der Waals surface area contributed by atoms with E-state index in [1.807, 2.05) is 13.1 Å². The van der Waals surface area contributed by atoms with Crippen LogP contribution < -0.4 is 10.0 Å². The molecule has 0 aliphatic rings. The number of rotatable bonds is 6. The van der Waals surface area contributed by atoms with Crippen molar-refractivity contribution in [1.82, 2.24) is 24.8 Å². The third-order valence-electron chi connectivity index (χ3n) is 2.66. The highest BCUT2D eigenvalue weighted by molar-refractivity contribution is 7.89. The number of hydrogen-bond donors (Lipinski definition) is 2. The number of nitrogens with one attached hydrogen (secondary N) is 2. The first kappa shape index (κ1) is 14.6. The lowest BCUT2D eigenvalue weighted by atomic mass is 10.2. The first-order valence-electron chi connectivity index (χ1n) is 6.09. The van der Waals surface area contributed by atoms with Crippen molar-refractivity contribution in [2.75, 3.05) is 7.05 Å². The molecule has 7 nitrogen and oxygen atoms in total. The van der Waals surface area contributed by atoms with Crippen LogP contribution in [-0.4, -0.2) is 30.2 Å². The molecule has 108 valence electrons. The van der Waals surface area contributed by atoms with Crippen LogP contribution in [0.25, 0.3) is 0 Å². The minimum atomic E-state index is -3.56. The van der Waals surface area contributed by atoms with Crippen molar-refractivity contribution in [3.05, 3.63) is 42.0 Å². The predicted octanol–water partition coefficient (Wildman–Crippen LogP) is 0.0130. The lowest BCUT2D eigenvalue weighted by Crippen LogP contribution is -2.24. The summed E-state index contributed by atoms with van der Waals surface area (Å²) in [7, 11) is -0.0170. The maximum atomic E-state index is 12.2. The molecule has 2 aromatic rings. The molecule has 0 aliphatic heterocycles. The summed E-state index contributed by atoms with van der Waals surface area (Å²) in [5, 5.41) is 7.01. The van der Waals surface area contributed by atoms with Gasteiger partial charge in [0.15, 0.2) is 5.82 Å². The van der Waals surface area contributed by atoms with Crippen LogP contribution in [0, 0.1) is 0 Å². The molecule has 20 heavy (non-hydrogen) atoms.